The van der Waals surface area contributed by atoms with Gasteiger partial charge in [0.2, 0.25) is 0 Å². The molecule has 3 aromatic rings. The van der Waals surface area contributed by atoms with Gasteiger partial charge in [-0.3, -0.25) is 19.9 Å². The van der Waals surface area contributed by atoms with Crippen LogP contribution in [0.2, 0.25) is 5.02 Å². The van der Waals surface area contributed by atoms with Gasteiger partial charge in [0.05, 0.1) is 14.8 Å². The molecule has 0 aliphatic rings. The molecule has 0 saturated heterocycles. The SMILES string of the molecule is CN(CCc1ccccn1)C(=O)c1ccc(Sc2ccccc2Cl)c([N+](=O)[O-])c1. The molecule has 0 unspecified atom stereocenters. The third kappa shape index (κ3) is 5.34. The van der Waals surface area contributed by atoms with Gasteiger partial charge in [0.1, 0.15) is 0 Å². The summed E-state index contributed by atoms with van der Waals surface area (Å²) < 4.78 is 0. The van der Waals surface area contributed by atoms with Crippen molar-refractivity contribution in [3.05, 3.63) is 93.3 Å². The highest BCUT2D eigenvalue weighted by molar-refractivity contribution is 7.99. The Balaban J connectivity index is 1.77. The Morgan fingerprint density at radius 3 is 2.59 bits per heavy atom. The van der Waals surface area contributed by atoms with Crippen LogP contribution in [0.1, 0.15) is 16.1 Å². The van der Waals surface area contributed by atoms with E-state index in [1.807, 2.05) is 24.3 Å². The lowest BCUT2D eigenvalue weighted by molar-refractivity contribution is -0.387. The Hall–Kier alpha value is -2.90. The maximum Gasteiger partial charge on any atom is 0.284 e. The van der Waals surface area contributed by atoms with Crippen molar-refractivity contribution in [2.75, 3.05) is 13.6 Å². The zero-order chi connectivity index (χ0) is 20.8. The van der Waals surface area contributed by atoms with E-state index >= 15 is 0 Å². The predicted molar refractivity (Wildman–Crippen MR) is 114 cm³/mol. The number of benzene rings is 2. The van der Waals surface area contributed by atoms with E-state index in [0.29, 0.717) is 27.8 Å². The van der Waals surface area contributed by atoms with Gasteiger partial charge in [0, 0.05) is 48.4 Å². The molecule has 1 aromatic heterocycles. The maximum absolute atomic E-state index is 12.7. The van der Waals surface area contributed by atoms with E-state index in [0.717, 1.165) is 5.69 Å². The fourth-order valence-electron chi connectivity index (χ4n) is 2.68. The second-order valence-corrected chi connectivity index (χ2v) is 7.76. The molecule has 1 heterocycles. The summed E-state index contributed by atoms with van der Waals surface area (Å²) in [6, 6.07) is 17.3. The van der Waals surface area contributed by atoms with Crippen LogP contribution >= 0.6 is 23.4 Å². The number of amides is 1. The van der Waals surface area contributed by atoms with Crippen molar-refractivity contribution in [3.63, 3.8) is 0 Å². The first-order chi connectivity index (χ1) is 14.0. The Labute approximate surface area is 177 Å². The van der Waals surface area contributed by atoms with Crippen LogP contribution < -0.4 is 0 Å². The Morgan fingerprint density at radius 1 is 1.14 bits per heavy atom. The van der Waals surface area contributed by atoms with Crippen LogP contribution in [0.25, 0.3) is 0 Å². The number of pyridine rings is 1. The summed E-state index contributed by atoms with van der Waals surface area (Å²) in [7, 11) is 1.67. The number of rotatable bonds is 7. The molecule has 148 valence electrons. The average molecular weight is 428 g/mol. The molecule has 0 fully saturated rings. The van der Waals surface area contributed by atoms with E-state index in [-0.39, 0.29) is 17.2 Å². The van der Waals surface area contributed by atoms with E-state index in [9.17, 15) is 14.9 Å². The quantitative estimate of drug-likeness (QED) is 0.387. The molecule has 0 N–H and O–H groups in total. The molecule has 0 bridgehead atoms. The summed E-state index contributed by atoms with van der Waals surface area (Å²) in [6.07, 6.45) is 2.31. The molecule has 6 nitrogen and oxygen atoms in total. The lowest BCUT2D eigenvalue weighted by Crippen LogP contribution is -2.29. The van der Waals surface area contributed by atoms with E-state index < -0.39 is 4.92 Å². The minimum Gasteiger partial charge on any atom is -0.341 e. The molecule has 1 amide bonds. The molecule has 0 atom stereocenters. The van der Waals surface area contributed by atoms with Crippen molar-refractivity contribution in [2.24, 2.45) is 0 Å². The Morgan fingerprint density at radius 2 is 1.90 bits per heavy atom. The standard InChI is InChI=1S/C21H18ClN3O3S/c1-24(13-11-16-6-4-5-12-23-16)21(26)15-9-10-20(18(14-15)25(27)28)29-19-8-3-2-7-17(19)22/h2-10,12,14H,11,13H2,1H3. The molecule has 0 spiro atoms. The van der Waals surface area contributed by atoms with Crippen molar-refractivity contribution >= 4 is 35.0 Å². The summed E-state index contributed by atoms with van der Waals surface area (Å²) in [5, 5.41) is 12.1. The second-order valence-electron chi connectivity index (χ2n) is 6.27. The van der Waals surface area contributed by atoms with Crippen LogP contribution in [-0.4, -0.2) is 34.3 Å². The van der Waals surface area contributed by atoms with Crippen molar-refractivity contribution in [1.29, 1.82) is 0 Å². The van der Waals surface area contributed by atoms with Crippen molar-refractivity contribution in [2.45, 2.75) is 16.2 Å². The second kappa shape index (κ2) is 9.54. The van der Waals surface area contributed by atoms with Gasteiger partial charge in [-0.25, -0.2) is 0 Å². The lowest BCUT2D eigenvalue weighted by atomic mass is 10.1. The van der Waals surface area contributed by atoms with Crippen LogP contribution in [0, 0.1) is 10.1 Å². The van der Waals surface area contributed by atoms with Gasteiger partial charge < -0.3 is 4.90 Å². The smallest absolute Gasteiger partial charge is 0.284 e. The molecule has 29 heavy (non-hydrogen) atoms. The minimum atomic E-state index is -0.482. The number of aromatic nitrogens is 1. The van der Waals surface area contributed by atoms with Crippen molar-refractivity contribution in [3.8, 4) is 0 Å². The van der Waals surface area contributed by atoms with Gasteiger partial charge in [-0.2, -0.15) is 0 Å². The fourth-order valence-corrected chi connectivity index (χ4v) is 3.85. The highest BCUT2D eigenvalue weighted by Gasteiger charge is 2.21. The Bertz CT molecular complexity index is 1030. The first-order valence-electron chi connectivity index (χ1n) is 8.82. The number of nitrogens with zero attached hydrogens (tertiary/aromatic N) is 3. The predicted octanol–water partition coefficient (Wildman–Crippen LogP) is 5.11. The third-order valence-corrected chi connectivity index (χ3v) is 5.82. The Kier molecular flexibility index (Phi) is 6.85. The molecule has 0 saturated carbocycles. The number of likely N-dealkylation sites (N-methyl/N-ethyl adjacent to an activating group) is 1. The molecular weight excluding hydrogens is 410 g/mol. The van der Waals surface area contributed by atoms with E-state index in [1.165, 1.54) is 22.7 Å². The van der Waals surface area contributed by atoms with Gasteiger partial charge >= 0.3 is 0 Å². The van der Waals surface area contributed by atoms with E-state index in [4.69, 9.17) is 11.6 Å². The number of hydrogen-bond acceptors (Lipinski definition) is 5. The van der Waals surface area contributed by atoms with E-state index in [1.54, 1.807) is 43.6 Å². The van der Waals surface area contributed by atoms with Crippen molar-refractivity contribution < 1.29 is 9.72 Å². The molecule has 0 aliphatic carbocycles. The molecule has 0 aliphatic heterocycles. The van der Waals surface area contributed by atoms with Gasteiger partial charge in [-0.05, 0) is 36.4 Å². The molecule has 0 radical (unpaired) electrons. The third-order valence-electron chi connectivity index (χ3n) is 4.24. The first kappa shape index (κ1) is 20.8. The lowest BCUT2D eigenvalue weighted by Gasteiger charge is -2.17. The van der Waals surface area contributed by atoms with Crippen LogP contribution in [0.5, 0.6) is 0 Å². The minimum absolute atomic E-state index is 0.126. The number of nitro groups is 1. The highest BCUT2D eigenvalue weighted by atomic mass is 35.5. The van der Waals surface area contributed by atoms with Gasteiger partial charge in [0.15, 0.2) is 0 Å². The van der Waals surface area contributed by atoms with Gasteiger partial charge in [0.25, 0.3) is 11.6 Å². The fraction of sp³-hybridized carbons (Fsp3) is 0.143. The van der Waals surface area contributed by atoms with E-state index in [2.05, 4.69) is 4.98 Å². The van der Waals surface area contributed by atoms with Gasteiger partial charge in [-0.1, -0.05) is 41.6 Å². The average Bonchev–Trinajstić information content (AvgIpc) is 2.74. The number of nitro benzene ring substituents is 1. The van der Waals surface area contributed by atoms with Crippen LogP contribution in [0.15, 0.2) is 76.7 Å². The zero-order valence-corrected chi connectivity index (χ0v) is 17.2. The normalized spacial score (nSPS) is 10.6. The number of carbonyl (C=O) groups is 1. The van der Waals surface area contributed by atoms with Crippen LogP contribution in [0.3, 0.4) is 0 Å². The molecular formula is C21H18ClN3O3S. The highest BCUT2D eigenvalue weighted by Crippen LogP contribution is 2.38. The summed E-state index contributed by atoms with van der Waals surface area (Å²) in [4.78, 5) is 30.7. The zero-order valence-electron chi connectivity index (χ0n) is 15.6. The number of halogens is 1. The summed E-state index contributed by atoms with van der Waals surface area (Å²) >= 11 is 7.36. The first-order valence-corrected chi connectivity index (χ1v) is 10.0. The van der Waals surface area contributed by atoms with Gasteiger partial charge in [-0.15, -0.1) is 0 Å². The molecule has 2 aromatic carbocycles. The van der Waals surface area contributed by atoms with Crippen LogP contribution in [0.4, 0.5) is 5.69 Å². The summed E-state index contributed by atoms with van der Waals surface area (Å²) in [5.74, 6) is -0.279. The topological polar surface area (TPSA) is 76.3 Å². The summed E-state index contributed by atoms with van der Waals surface area (Å²) in [6.45, 7) is 0.458. The number of carbonyl (C=O) groups excluding carboxylic acids is 1. The maximum atomic E-state index is 12.7. The summed E-state index contributed by atoms with van der Waals surface area (Å²) in [5.41, 5.74) is 1.02. The van der Waals surface area contributed by atoms with Crippen molar-refractivity contribution in [1.82, 2.24) is 9.88 Å². The van der Waals surface area contributed by atoms with Crippen LogP contribution in [-0.2, 0) is 6.42 Å². The largest absolute Gasteiger partial charge is 0.341 e. The molecule has 3 rings (SSSR count). The molecule has 8 heteroatoms. The monoisotopic (exact) mass is 427 g/mol. The number of hydrogen-bond donors (Lipinski definition) is 0.